The molecule has 1 aliphatic carbocycles. The molecule has 0 radical (unpaired) electrons. The Balaban J connectivity index is 1.53. The molecule has 1 saturated heterocycles. The van der Waals surface area contributed by atoms with Crippen molar-refractivity contribution in [1.82, 2.24) is 9.80 Å². The molecule has 116 valence electrons. The Morgan fingerprint density at radius 2 is 1.86 bits per heavy atom. The third-order valence-corrected chi connectivity index (χ3v) is 5.24. The van der Waals surface area contributed by atoms with Crippen LogP contribution in [0.5, 0.6) is 0 Å². The second kappa shape index (κ2) is 6.91. The van der Waals surface area contributed by atoms with Crippen molar-refractivity contribution in [3.05, 3.63) is 34.9 Å². The van der Waals surface area contributed by atoms with Gasteiger partial charge in [0.25, 0.3) is 0 Å². The second-order valence-electron chi connectivity index (χ2n) is 6.57. The van der Waals surface area contributed by atoms with E-state index in [2.05, 4.69) is 34.9 Å². The highest BCUT2D eigenvalue weighted by atomic mass is 15.3. The summed E-state index contributed by atoms with van der Waals surface area (Å²) in [5.41, 5.74) is 10.5. The van der Waals surface area contributed by atoms with Crippen LogP contribution in [0.3, 0.4) is 0 Å². The molecule has 21 heavy (non-hydrogen) atoms. The SMILES string of the molecule is CCC(CN)N1CCN(Cc2ccc3c(c2)CCC3)CC1. The van der Waals surface area contributed by atoms with Gasteiger partial charge in [-0.15, -0.1) is 0 Å². The largest absolute Gasteiger partial charge is 0.329 e. The standard InChI is InChI=1S/C18H29N3/c1-2-18(13-19)21-10-8-20(9-11-21)14-15-6-7-16-4-3-5-17(16)12-15/h6-7,12,18H,2-5,8-11,13-14,19H2,1H3. The number of rotatable bonds is 5. The Hall–Kier alpha value is -0.900. The van der Waals surface area contributed by atoms with Crippen LogP contribution in [0, 0.1) is 0 Å². The summed E-state index contributed by atoms with van der Waals surface area (Å²) in [7, 11) is 0. The molecule has 2 aliphatic rings. The van der Waals surface area contributed by atoms with E-state index >= 15 is 0 Å². The van der Waals surface area contributed by atoms with E-state index in [1.165, 1.54) is 57.4 Å². The highest BCUT2D eigenvalue weighted by Crippen LogP contribution is 2.23. The molecule has 1 aliphatic heterocycles. The van der Waals surface area contributed by atoms with E-state index in [9.17, 15) is 0 Å². The topological polar surface area (TPSA) is 32.5 Å². The number of fused-ring (bicyclic) bond motifs is 1. The van der Waals surface area contributed by atoms with Crippen molar-refractivity contribution in [2.24, 2.45) is 5.73 Å². The summed E-state index contributed by atoms with van der Waals surface area (Å²) in [5.74, 6) is 0. The fourth-order valence-electron chi connectivity index (χ4n) is 3.84. The minimum Gasteiger partial charge on any atom is -0.329 e. The first kappa shape index (κ1) is 15.0. The summed E-state index contributed by atoms with van der Waals surface area (Å²) in [4.78, 5) is 5.16. The van der Waals surface area contributed by atoms with Crippen molar-refractivity contribution >= 4 is 0 Å². The number of aryl methyl sites for hydroxylation is 2. The number of hydrogen-bond acceptors (Lipinski definition) is 3. The maximum absolute atomic E-state index is 5.87. The molecule has 1 fully saturated rings. The van der Waals surface area contributed by atoms with Crippen LogP contribution < -0.4 is 5.73 Å². The van der Waals surface area contributed by atoms with E-state index in [1.807, 2.05) is 0 Å². The molecule has 1 aromatic carbocycles. The van der Waals surface area contributed by atoms with E-state index < -0.39 is 0 Å². The number of nitrogens with zero attached hydrogens (tertiary/aromatic N) is 2. The minimum atomic E-state index is 0.576. The van der Waals surface area contributed by atoms with Gasteiger partial charge in [-0.3, -0.25) is 9.80 Å². The zero-order valence-corrected chi connectivity index (χ0v) is 13.4. The first-order chi connectivity index (χ1) is 10.3. The first-order valence-electron chi connectivity index (χ1n) is 8.57. The number of hydrogen-bond donors (Lipinski definition) is 1. The van der Waals surface area contributed by atoms with Crippen LogP contribution in [-0.2, 0) is 19.4 Å². The van der Waals surface area contributed by atoms with E-state index in [0.29, 0.717) is 6.04 Å². The Morgan fingerprint density at radius 3 is 2.57 bits per heavy atom. The second-order valence-corrected chi connectivity index (χ2v) is 6.57. The van der Waals surface area contributed by atoms with E-state index in [-0.39, 0.29) is 0 Å². The van der Waals surface area contributed by atoms with Crippen LogP contribution in [0.1, 0.15) is 36.5 Å². The molecule has 2 N–H and O–H groups in total. The maximum atomic E-state index is 5.87. The molecule has 1 heterocycles. The highest BCUT2D eigenvalue weighted by molar-refractivity contribution is 5.35. The summed E-state index contributed by atoms with van der Waals surface area (Å²) in [5, 5.41) is 0. The van der Waals surface area contributed by atoms with Gasteiger partial charge in [0.2, 0.25) is 0 Å². The molecule has 3 heteroatoms. The lowest BCUT2D eigenvalue weighted by atomic mass is 10.1. The number of piperazine rings is 1. The molecule has 0 saturated carbocycles. The van der Waals surface area contributed by atoms with Gasteiger partial charge in [0.15, 0.2) is 0 Å². The normalized spacial score (nSPS) is 21.4. The van der Waals surface area contributed by atoms with Gasteiger partial charge in [-0.05, 0) is 42.4 Å². The summed E-state index contributed by atoms with van der Waals surface area (Å²) < 4.78 is 0. The Labute approximate surface area is 129 Å². The zero-order valence-electron chi connectivity index (χ0n) is 13.4. The molecular weight excluding hydrogens is 258 g/mol. The van der Waals surface area contributed by atoms with E-state index in [4.69, 9.17) is 5.73 Å². The Bertz CT molecular complexity index is 460. The van der Waals surface area contributed by atoms with Gasteiger partial charge in [-0.2, -0.15) is 0 Å². The van der Waals surface area contributed by atoms with Crippen LogP contribution >= 0.6 is 0 Å². The lowest BCUT2D eigenvalue weighted by Crippen LogP contribution is -2.51. The number of benzene rings is 1. The van der Waals surface area contributed by atoms with E-state index in [0.717, 1.165) is 13.1 Å². The maximum Gasteiger partial charge on any atom is 0.0234 e. The third-order valence-electron chi connectivity index (χ3n) is 5.24. The summed E-state index contributed by atoms with van der Waals surface area (Å²) in [6.45, 7) is 8.83. The predicted molar refractivity (Wildman–Crippen MR) is 88.5 cm³/mol. The fourth-order valence-corrected chi connectivity index (χ4v) is 3.84. The molecule has 1 atom stereocenters. The molecule has 1 aromatic rings. The summed E-state index contributed by atoms with van der Waals surface area (Å²) >= 11 is 0. The van der Waals surface area contributed by atoms with Crippen molar-refractivity contribution in [3.8, 4) is 0 Å². The smallest absolute Gasteiger partial charge is 0.0234 e. The fraction of sp³-hybridized carbons (Fsp3) is 0.667. The van der Waals surface area contributed by atoms with Crippen molar-refractivity contribution < 1.29 is 0 Å². The summed E-state index contributed by atoms with van der Waals surface area (Å²) in [6, 6.07) is 7.72. The molecule has 0 aromatic heterocycles. The predicted octanol–water partition coefficient (Wildman–Crippen LogP) is 2.03. The quantitative estimate of drug-likeness (QED) is 0.899. The van der Waals surface area contributed by atoms with Crippen LogP contribution in [0.15, 0.2) is 18.2 Å². The first-order valence-corrected chi connectivity index (χ1v) is 8.57. The van der Waals surface area contributed by atoms with Crippen molar-refractivity contribution in [2.75, 3.05) is 32.7 Å². The van der Waals surface area contributed by atoms with Crippen molar-refractivity contribution in [2.45, 2.75) is 45.2 Å². The molecule has 1 unspecified atom stereocenters. The molecule has 0 spiro atoms. The third kappa shape index (κ3) is 3.47. The molecule has 3 nitrogen and oxygen atoms in total. The molecule has 0 bridgehead atoms. The summed E-state index contributed by atoms with van der Waals surface area (Å²) in [6.07, 6.45) is 5.08. The van der Waals surface area contributed by atoms with Gasteiger partial charge < -0.3 is 5.73 Å². The molecule has 0 amide bonds. The van der Waals surface area contributed by atoms with Crippen LogP contribution in [-0.4, -0.2) is 48.6 Å². The highest BCUT2D eigenvalue weighted by Gasteiger charge is 2.22. The van der Waals surface area contributed by atoms with E-state index in [1.54, 1.807) is 11.1 Å². The molecule has 3 rings (SSSR count). The van der Waals surface area contributed by atoms with Gasteiger partial charge in [-0.25, -0.2) is 0 Å². The average molecular weight is 287 g/mol. The monoisotopic (exact) mass is 287 g/mol. The van der Waals surface area contributed by atoms with Crippen molar-refractivity contribution in [3.63, 3.8) is 0 Å². The van der Waals surface area contributed by atoms with Crippen LogP contribution in [0.2, 0.25) is 0 Å². The van der Waals surface area contributed by atoms with Gasteiger partial charge in [0.1, 0.15) is 0 Å². The van der Waals surface area contributed by atoms with Gasteiger partial charge in [-0.1, -0.05) is 25.1 Å². The average Bonchev–Trinajstić information content (AvgIpc) is 2.98. The lowest BCUT2D eigenvalue weighted by Gasteiger charge is -2.38. The van der Waals surface area contributed by atoms with Crippen LogP contribution in [0.25, 0.3) is 0 Å². The van der Waals surface area contributed by atoms with Gasteiger partial charge in [0.05, 0.1) is 0 Å². The van der Waals surface area contributed by atoms with Gasteiger partial charge >= 0.3 is 0 Å². The molecular formula is C18H29N3. The Morgan fingerprint density at radius 1 is 1.10 bits per heavy atom. The van der Waals surface area contributed by atoms with Gasteiger partial charge in [0, 0.05) is 45.3 Å². The van der Waals surface area contributed by atoms with Crippen molar-refractivity contribution in [1.29, 1.82) is 0 Å². The minimum absolute atomic E-state index is 0.576. The lowest BCUT2D eigenvalue weighted by molar-refractivity contribution is 0.0926. The van der Waals surface area contributed by atoms with Crippen LogP contribution in [0.4, 0.5) is 0 Å². The Kier molecular flexibility index (Phi) is 4.94. The zero-order chi connectivity index (χ0) is 14.7. The number of nitrogens with two attached hydrogens (primary N) is 1.